The molecular formula is C16H34N2O4. The molecule has 22 heavy (non-hydrogen) atoms. The second-order valence-electron chi connectivity index (χ2n) is 5.44. The molecule has 0 radical (unpaired) electrons. The Labute approximate surface area is 135 Å². The first-order chi connectivity index (χ1) is 10.7. The maximum absolute atomic E-state index is 6.17. The van der Waals surface area contributed by atoms with Gasteiger partial charge in [-0.15, -0.1) is 0 Å². The molecule has 0 aromatic heterocycles. The van der Waals surface area contributed by atoms with E-state index >= 15 is 0 Å². The van der Waals surface area contributed by atoms with Crippen molar-refractivity contribution in [2.75, 3.05) is 46.1 Å². The molecule has 3 N–H and O–H groups in total. The third-order valence-corrected chi connectivity index (χ3v) is 3.92. The van der Waals surface area contributed by atoms with Crippen LogP contribution in [0.15, 0.2) is 0 Å². The Morgan fingerprint density at radius 3 is 2.32 bits per heavy atom. The summed E-state index contributed by atoms with van der Waals surface area (Å²) in [6.07, 6.45) is 3.64. The smallest absolute Gasteiger partial charge is 0.313 e. The minimum absolute atomic E-state index is 0.528. The average Bonchev–Trinajstić information content (AvgIpc) is 2.51. The number of hydrogen-bond acceptors (Lipinski definition) is 6. The molecule has 1 aliphatic rings. The quantitative estimate of drug-likeness (QED) is 0.421. The fourth-order valence-electron chi connectivity index (χ4n) is 3.13. The van der Waals surface area contributed by atoms with E-state index in [2.05, 4.69) is 5.32 Å². The SMILES string of the molecule is CCOC1(CCCNCCN)CCCOC1(OCC)OCC. The summed E-state index contributed by atoms with van der Waals surface area (Å²) in [4.78, 5) is 0. The summed E-state index contributed by atoms with van der Waals surface area (Å²) in [6.45, 7) is 10.6. The molecule has 0 bridgehead atoms. The van der Waals surface area contributed by atoms with Gasteiger partial charge in [0, 0.05) is 32.9 Å². The molecule has 0 aromatic carbocycles. The third-order valence-electron chi connectivity index (χ3n) is 3.92. The zero-order chi connectivity index (χ0) is 16.3. The van der Waals surface area contributed by atoms with E-state index in [1.807, 2.05) is 20.8 Å². The fourth-order valence-corrected chi connectivity index (χ4v) is 3.13. The van der Waals surface area contributed by atoms with E-state index in [1.165, 1.54) is 0 Å². The van der Waals surface area contributed by atoms with Gasteiger partial charge in [-0.05, 0) is 53.0 Å². The van der Waals surface area contributed by atoms with E-state index in [-0.39, 0.29) is 0 Å². The van der Waals surface area contributed by atoms with Crippen LogP contribution in [0.3, 0.4) is 0 Å². The van der Waals surface area contributed by atoms with Crippen molar-refractivity contribution in [1.82, 2.24) is 5.32 Å². The van der Waals surface area contributed by atoms with Gasteiger partial charge in [-0.25, -0.2) is 0 Å². The highest BCUT2D eigenvalue weighted by atomic mass is 16.9. The van der Waals surface area contributed by atoms with E-state index in [4.69, 9.17) is 24.7 Å². The van der Waals surface area contributed by atoms with Gasteiger partial charge >= 0.3 is 5.97 Å². The summed E-state index contributed by atoms with van der Waals surface area (Å²) in [5, 5.41) is 3.32. The lowest BCUT2D eigenvalue weighted by atomic mass is 9.86. The first-order valence-corrected chi connectivity index (χ1v) is 8.66. The molecule has 1 saturated heterocycles. The molecule has 6 nitrogen and oxygen atoms in total. The summed E-state index contributed by atoms with van der Waals surface area (Å²) in [5.41, 5.74) is 4.96. The normalized spacial score (nSPS) is 24.5. The lowest BCUT2D eigenvalue weighted by Crippen LogP contribution is -2.63. The topological polar surface area (TPSA) is 75.0 Å². The number of ether oxygens (including phenoxy) is 4. The predicted molar refractivity (Wildman–Crippen MR) is 86.7 cm³/mol. The Morgan fingerprint density at radius 2 is 1.73 bits per heavy atom. The second-order valence-corrected chi connectivity index (χ2v) is 5.44. The van der Waals surface area contributed by atoms with Gasteiger partial charge in [-0.3, -0.25) is 0 Å². The average molecular weight is 318 g/mol. The molecule has 1 heterocycles. The molecule has 0 aromatic rings. The largest absolute Gasteiger partial charge is 0.367 e. The van der Waals surface area contributed by atoms with Gasteiger partial charge in [0.25, 0.3) is 0 Å². The molecule has 6 heteroatoms. The molecule has 1 fully saturated rings. The van der Waals surface area contributed by atoms with Crippen molar-refractivity contribution in [1.29, 1.82) is 0 Å². The Morgan fingerprint density at radius 1 is 1.05 bits per heavy atom. The van der Waals surface area contributed by atoms with Crippen LogP contribution >= 0.6 is 0 Å². The maximum Gasteiger partial charge on any atom is 0.313 e. The van der Waals surface area contributed by atoms with E-state index in [0.717, 1.165) is 38.8 Å². The molecular weight excluding hydrogens is 284 g/mol. The fraction of sp³-hybridized carbons (Fsp3) is 1.00. The van der Waals surface area contributed by atoms with E-state index in [1.54, 1.807) is 0 Å². The summed E-state index contributed by atoms with van der Waals surface area (Å²) < 4.78 is 24.0. The van der Waals surface area contributed by atoms with E-state index in [9.17, 15) is 0 Å². The number of nitrogens with two attached hydrogens (primary N) is 1. The lowest BCUT2D eigenvalue weighted by molar-refractivity contribution is -0.459. The Balaban J connectivity index is 2.82. The third kappa shape index (κ3) is 4.88. The van der Waals surface area contributed by atoms with Gasteiger partial charge in [-0.1, -0.05) is 0 Å². The number of nitrogens with one attached hydrogen (secondary N) is 1. The van der Waals surface area contributed by atoms with Gasteiger partial charge in [-0.2, -0.15) is 0 Å². The van der Waals surface area contributed by atoms with Crippen LogP contribution in [0.5, 0.6) is 0 Å². The molecule has 1 aliphatic heterocycles. The van der Waals surface area contributed by atoms with Gasteiger partial charge < -0.3 is 30.0 Å². The summed E-state index contributed by atoms with van der Waals surface area (Å²) in [5.74, 6) is -1.08. The second kappa shape index (κ2) is 10.5. The summed E-state index contributed by atoms with van der Waals surface area (Å²) in [6, 6.07) is 0. The molecule has 0 aliphatic carbocycles. The highest BCUT2D eigenvalue weighted by Crippen LogP contribution is 2.43. The van der Waals surface area contributed by atoms with Gasteiger partial charge in [0.05, 0.1) is 6.61 Å². The Bertz CT molecular complexity index is 276. The van der Waals surface area contributed by atoms with E-state index in [0.29, 0.717) is 33.0 Å². The maximum atomic E-state index is 6.17. The summed E-state index contributed by atoms with van der Waals surface area (Å²) in [7, 11) is 0. The van der Waals surface area contributed by atoms with Crippen LogP contribution in [0.4, 0.5) is 0 Å². The molecule has 0 spiro atoms. The molecule has 1 atom stereocenters. The first-order valence-electron chi connectivity index (χ1n) is 8.66. The van der Waals surface area contributed by atoms with Gasteiger partial charge in [0.15, 0.2) is 0 Å². The van der Waals surface area contributed by atoms with Crippen LogP contribution in [0.1, 0.15) is 46.5 Å². The van der Waals surface area contributed by atoms with Crippen molar-refractivity contribution in [2.45, 2.75) is 58.0 Å². The predicted octanol–water partition coefficient (Wildman–Crippen LogP) is 1.63. The molecule has 1 rings (SSSR count). The van der Waals surface area contributed by atoms with Crippen molar-refractivity contribution < 1.29 is 18.9 Å². The van der Waals surface area contributed by atoms with Crippen molar-refractivity contribution in [3.63, 3.8) is 0 Å². The van der Waals surface area contributed by atoms with Crippen LogP contribution in [-0.4, -0.2) is 57.6 Å². The lowest BCUT2D eigenvalue weighted by Gasteiger charge is -2.50. The zero-order valence-corrected chi connectivity index (χ0v) is 14.5. The Hall–Kier alpha value is -0.240. The zero-order valence-electron chi connectivity index (χ0n) is 14.5. The first kappa shape index (κ1) is 19.8. The molecule has 0 saturated carbocycles. The van der Waals surface area contributed by atoms with Gasteiger partial charge in [0.2, 0.25) is 0 Å². The molecule has 0 amide bonds. The van der Waals surface area contributed by atoms with Gasteiger partial charge in [0.1, 0.15) is 5.60 Å². The minimum atomic E-state index is -1.08. The molecule has 1 unspecified atom stereocenters. The highest BCUT2D eigenvalue weighted by Gasteiger charge is 2.57. The van der Waals surface area contributed by atoms with Crippen LogP contribution in [0.25, 0.3) is 0 Å². The van der Waals surface area contributed by atoms with E-state index < -0.39 is 11.6 Å². The monoisotopic (exact) mass is 318 g/mol. The standard InChI is InChI=1S/C16H34N2O4/c1-4-19-15(9-7-12-18-13-11-17)10-8-14-22-16(15,20-5-2)21-6-3/h18H,4-14,17H2,1-3H3. The van der Waals surface area contributed by atoms with Crippen molar-refractivity contribution in [3.05, 3.63) is 0 Å². The number of hydrogen-bond donors (Lipinski definition) is 2. The highest BCUT2D eigenvalue weighted by molar-refractivity contribution is 4.94. The van der Waals surface area contributed by atoms with Crippen LogP contribution < -0.4 is 11.1 Å². The van der Waals surface area contributed by atoms with Crippen LogP contribution in [0, 0.1) is 0 Å². The van der Waals surface area contributed by atoms with Crippen molar-refractivity contribution in [2.24, 2.45) is 5.73 Å². The number of rotatable bonds is 12. The Kier molecular flexibility index (Phi) is 9.47. The minimum Gasteiger partial charge on any atom is -0.367 e. The van der Waals surface area contributed by atoms with Crippen molar-refractivity contribution in [3.8, 4) is 0 Å². The van der Waals surface area contributed by atoms with Crippen LogP contribution in [0.2, 0.25) is 0 Å². The van der Waals surface area contributed by atoms with Crippen molar-refractivity contribution >= 4 is 0 Å². The summed E-state index contributed by atoms with van der Waals surface area (Å²) >= 11 is 0. The van der Waals surface area contributed by atoms with Crippen LogP contribution in [-0.2, 0) is 18.9 Å². The molecule has 132 valence electrons.